The summed E-state index contributed by atoms with van der Waals surface area (Å²) >= 11 is 11.9. The van der Waals surface area contributed by atoms with E-state index in [9.17, 15) is 0 Å². The van der Waals surface area contributed by atoms with Gasteiger partial charge in [0.05, 0.1) is 0 Å². The standard InChI is InChI=1S/C8H11BCl2/c1-8(11,7-10)9-5-3-2-4-6-9/h2-5H,6-7H2,1H3. The first-order valence-electron chi connectivity index (χ1n) is 3.75. The lowest BCUT2D eigenvalue weighted by Gasteiger charge is -2.25. The molecule has 1 aliphatic rings. The maximum Gasteiger partial charge on any atom is 0.195 e. The van der Waals surface area contributed by atoms with Crippen LogP contribution < -0.4 is 0 Å². The third-order valence-corrected chi connectivity index (χ3v) is 3.12. The Morgan fingerprint density at radius 1 is 1.55 bits per heavy atom. The third kappa shape index (κ3) is 2.28. The molecule has 0 amide bonds. The molecule has 11 heavy (non-hydrogen) atoms. The van der Waals surface area contributed by atoms with Crippen LogP contribution in [0.3, 0.4) is 0 Å². The van der Waals surface area contributed by atoms with Crippen molar-refractivity contribution < 1.29 is 0 Å². The molecule has 0 aromatic rings. The molecular weight excluding hydrogens is 178 g/mol. The van der Waals surface area contributed by atoms with E-state index in [2.05, 4.69) is 12.1 Å². The molecule has 0 saturated carbocycles. The minimum Gasteiger partial charge on any atom is -0.127 e. The molecule has 3 heteroatoms. The molecule has 0 aromatic heterocycles. The van der Waals surface area contributed by atoms with Gasteiger partial charge in [0, 0.05) is 10.7 Å². The van der Waals surface area contributed by atoms with E-state index in [1.165, 1.54) is 0 Å². The molecule has 1 rings (SSSR count). The van der Waals surface area contributed by atoms with Gasteiger partial charge >= 0.3 is 0 Å². The van der Waals surface area contributed by atoms with Gasteiger partial charge in [-0.2, -0.15) is 0 Å². The highest BCUT2D eigenvalue weighted by atomic mass is 35.5. The van der Waals surface area contributed by atoms with Crippen LogP contribution in [0.2, 0.25) is 6.32 Å². The summed E-state index contributed by atoms with van der Waals surface area (Å²) in [6.07, 6.45) is 7.19. The monoisotopic (exact) mass is 188 g/mol. The second-order valence-electron chi connectivity index (χ2n) is 3.07. The quantitative estimate of drug-likeness (QED) is 0.462. The fourth-order valence-corrected chi connectivity index (χ4v) is 1.49. The first-order chi connectivity index (χ1) is 5.17. The van der Waals surface area contributed by atoms with Crippen molar-refractivity contribution in [2.24, 2.45) is 0 Å². The van der Waals surface area contributed by atoms with Crippen LogP contribution >= 0.6 is 23.2 Å². The van der Waals surface area contributed by atoms with Gasteiger partial charge < -0.3 is 0 Å². The minimum atomic E-state index is -0.289. The van der Waals surface area contributed by atoms with Crippen molar-refractivity contribution in [3.8, 4) is 0 Å². The number of rotatable bonds is 2. The van der Waals surface area contributed by atoms with Gasteiger partial charge in [0.2, 0.25) is 0 Å². The Kier molecular flexibility index (Phi) is 3.09. The summed E-state index contributed by atoms with van der Waals surface area (Å²) in [7, 11) is 0. The highest BCUT2D eigenvalue weighted by molar-refractivity contribution is 6.77. The van der Waals surface area contributed by atoms with E-state index in [0.717, 1.165) is 6.32 Å². The Morgan fingerprint density at radius 2 is 2.27 bits per heavy atom. The van der Waals surface area contributed by atoms with Gasteiger partial charge in [-0.05, 0) is 0 Å². The molecule has 0 aliphatic carbocycles. The van der Waals surface area contributed by atoms with E-state index >= 15 is 0 Å². The van der Waals surface area contributed by atoms with Crippen molar-refractivity contribution >= 4 is 29.9 Å². The van der Waals surface area contributed by atoms with Crippen LogP contribution in [0.1, 0.15) is 6.92 Å². The minimum absolute atomic E-state index is 0.289. The Bertz CT molecular complexity index is 185. The van der Waals surface area contributed by atoms with E-state index in [-0.39, 0.29) is 4.77 Å². The second-order valence-corrected chi connectivity index (χ2v) is 4.20. The average Bonchev–Trinajstić information content (AvgIpc) is 2.06. The van der Waals surface area contributed by atoms with Gasteiger partial charge in [0.25, 0.3) is 0 Å². The second kappa shape index (κ2) is 3.69. The topological polar surface area (TPSA) is 0 Å². The maximum absolute atomic E-state index is 6.18. The summed E-state index contributed by atoms with van der Waals surface area (Å²) in [6, 6.07) is 0. The van der Waals surface area contributed by atoms with Crippen LogP contribution in [0, 0.1) is 0 Å². The Morgan fingerprint density at radius 3 is 2.73 bits per heavy atom. The van der Waals surface area contributed by atoms with Gasteiger partial charge in [-0.25, -0.2) is 0 Å². The molecule has 60 valence electrons. The number of hydrogen-bond donors (Lipinski definition) is 0. The van der Waals surface area contributed by atoms with Gasteiger partial charge in [-0.15, -0.1) is 29.2 Å². The van der Waals surface area contributed by atoms with E-state index in [4.69, 9.17) is 23.2 Å². The molecule has 1 atom stereocenters. The zero-order valence-electron chi connectivity index (χ0n) is 6.56. The van der Waals surface area contributed by atoms with E-state index < -0.39 is 0 Å². The third-order valence-electron chi connectivity index (χ3n) is 2.02. The molecule has 0 N–H and O–H groups in total. The molecule has 1 aliphatic heterocycles. The van der Waals surface area contributed by atoms with E-state index in [1.54, 1.807) is 0 Å². The molecule has 1 heterocycles. The van der Waals surface area contributed by atoms with Crippen LogP contribution in [0.15, 0.2) is 24.2 Å². The number of allylic oxidation sites excluding steroid dienone is 3. The van der Waals surface area contributed by atoms with Crippen molar-refractivity contribution in [3.63, 3.8) is 0 Å². The molecule has 1 unspecified atom stereocenters. The van der Waals surface area contributed by atoms with Crippen LogP contribution in [-0.4, -0.2) is 17.4 Å². The molecule has 0 nitrogen and oxygen atoms in total. The van der Waals surface area contributed by atoms with Crippen molar-refractivity contribution in [1.82, 2.24) is 0 Å². The highest BCUT2D eigenvalue weighted by Gasteiger charge is 2.32. The summed E-state index contributed by atoms with van der Waals surface area (Å²) in [5, 5.41) is 0. The molecule has 0 saturated heterocycles. The van der Waals surface area contributed by atoms with Crippen molar-refractivity contribution in [3.05, 3.63) is 24.2 Å². The maximum atomic E-state index is 6.18. The van der Waals surface area contributed by atoms with Crippen molar-refractivity contribution in [1.29, 1.82) is 0 Å². The fraction of sp³-hybridized carbons (Fsp3) is 0.500. The lowest BCUT2D eigenvalue weighted by atomic mass is 9.38. The largest absolute Gasteiger partial charge is 0.195 e. The molecule has 0 fully saturated rings. The predicted octanol–water partition coefficient (Wildman–Crippen LogP) is 2.92. The Labute approximate surface area is 78.3 Å². The number of hydrogen-bond acceptors (Lipinski definition) is 0. The van der Waals surface area contributed by atoms with Gasteiger partial charge in [0.1, 0.15) is 0 Å². The number of halogens is 2. The Balaban J connectivity index is 2.61. The summed E-state index contributed by atoms with van der Waals surface area (Å²) in [5.74, 6) is 2.62. The molecule has 0 aromatic carbocycles. The lowest BCUT2D eigenvalue weighted by Crippen LogP contribution is -2.38. The smallest absolute Gasteiger partial charge is 0.127 e. The van der Waals surface area contributed by atoms with Gasteiger partial charge in [0.15, 0.2) is 6.71 Å². The normalized spacial score (nSPS) is 21.9. The van der Waals surface area contributed by atoms with Gasteiger partial charge in [-0.3, -0.25) is 0 Å². The molecular formula is C8H11BCl2. The van der Waals surface area contributed by atoms with Crippen LogP contribution in [0.25, 0.3) is 0 Å². The van der Waals surface area contributed by atoms with Crippen molar-refractivity contribution in [2.75, 3.05) is 5.88 Å². The predicted molar refractivity (Wildman–Crippen MR) is 53.8 cm³/mol. The van der Waals surface area contributed by atoms with Crippen LogP contribution in [0.5, 0.6) is 0 Å². The summed E-state index contributed by atoms with van der Waals surface area (Å²) < 4.78 is -0.289. The molecule has 0 bridgehead atoms. The summed E-state index contributed by atoms with van der Waals surface area (Å²) in [6.45, 7) is 2.36. The zero-order valence-corrected chi connectivity index (χ0v) is 8.07. The fourth-order valence-electron chi connectivity index (χ4n) is 1.13. The highest BCUT2D eigenvalue weighted by Crippen LogP contribution is 2.25. The number of alkyl halides is 2. The summed E-state index contributed by atoms with van der Waals surface area (Å²) in [4.78, 5) is 0. The van der Waals surface area contributed by atoms with Crippen molar-refractivity contribution in [2.45, 2.75) is 18.0 Å². The van der Waals surface area contributed by atoms with Crippen LogP contribution in [-0.2, 0) is 0 Å². The lowest BCUT2D eigenvalue weighted by molar-refractivity contribution is 0.965. The average molecular weight is 189 g/mol. The zero-order chi connectivity index (χ0) is 8.32. The first-order valence-corrected chi connectivity index (χ1v) is 4.66. The SMILES string of the molecule is CC(Cl)(CCl)B1C=CC=CC1. The first kappa shape index (κ1) is 9.21. The van der Waals surface area contributed by atoms with Gasteiger partial charge in [-0.1, -0.05) is 31.5 Å². The van der Waals surface area contributed by atoms with E-state index in [1.807, 2.05) is 19.1 Å². The molecule has 0 radical (unpaired) electrons. The van der Waals surface area contributed by atoms with Crippen LogP contribution in [0.4, 0.5) is 0 Å². The Hall–Kier alpha value is 0.125. The summed E-state index contributed by atoms with van der Waals surface area (Å²) in [5.41, 5.74) is 0. The van der Waals surface area contributed by atoms with E-state index in [0.29, 0.717) is 12.6 Å². The molecule has 0 spiro atoms.